The maximum atomic E-state index is 11.4. The molecule has 0 unspecified atom stereocenters. The number of carbonyl (C=O) groups is 2. The van der Waals surface area contributed by atoms with E-state index < -0.39 is 5.91 Å². The number of carbonyl (C=O) groups excluding carboxylic acids is 2. The van der Waals surface area contributed by atoms with E-state index in [2.05, 4.69) is 10.4 Å². The SMILES string of the molecule is CNC(=O)Cc1nn(Cc2ccccc2)cc1C(N)=O. The third-order valence-corrected chi connectivity index (χ3v) is 2.90. The standard InChI is InChI=1S/C14H16N4O2/c1-16-13(19)7-12-11(14(15)20)9-18(17-12)8-10-5-3-2-4-6-10/h2-6,9H,7-8H2,1H3,(H2,15,20)(H,16,19). The summed E-state index contributed by atoms with van der Waals surface area (Å²) in [6, 6.07) is 9.71. The third kappa shape index (κ3) is 3.23. The Kier molecular flexibility index (Phi) is 4.14. The number of hydrogen-bond acceptors (Lipinski definition) is 3. The molecule has 0 spiro atoms. The molecule has 1 aromatic heterocycles. The van der Waals surface area contributed by atoms with Crippen LogP contribution in [0, 0.1) is 0 Å². The first-order valence-electron chi connectivity index (χ1n) is 6.20. The maximum Gasteiger partial charge on any atom is 0.252 e. The molecular weight excluding hydrogens is 256 g/mol. The number of nitrogens with one attached hydrogen (secondary N) is 1. The van der Waals surface area contributed by atoms with Gasteiger partial charge in [0.15, 0.2) is 0 Å². The molecule has 20 heavy (non-hydrogen) atoms. The lowest BCUT2D eigenvalue weighted by Gasteiger charge is -2.01. The molecule has 0 aliphatic rings. The normalized spacial score (nSPS) is 10.2. The summed E-state index contributed by atoms with van der Waals surface area (Å²) >= 11 is 0. The highest BCUT2D eigenvalue weighted by atomic mass is 16.2. The minimum absolute atomic E-state index is 0.0383. The molecule has 2 aromatic rings. The van der Waals surface area contributed by atoms with Crippen molar-refractivity contribution in [3.8, 4) is 0 Å². The van der Waals surface area contributed by atoms with Crippen LogP contribution in [0.25, 0.3) is 0 Å². The van der Waals surface area contributed by atoms with Crippen molar-refractivity contribution in [2.75, 3.05) is 7.05 Å². The Labute approximate surface area is 116 Å². The minimum Gasteiger partial charge on any atom is -0.365 e. The molecule has 104 valence electrons. The van der Waals surface area contributed by atoms with Crippen LogP contribution in [0.5, 0.6) is 0 Å². The molecule has 2 rings (SSSR count). The second-order valence-corrected chi connectivity index (χ2v) is 4.39. The highest BCUT2D eigenvalue weighted by Crippen LogP contribution is 2.10. The lowest BCUT2D eigenvalue weighted by molar-refractivity contribution is -0.120. The second kappa shape index (κ2) is 6.01. The highest BCUT2D eigenvalue weighted by molar-refractivity contribution is 5.95. The lowest BCUT2D eigenvalue weighted by Crippen LogP contribution is -2.22. The van der Waals surface area contributed by atoms with Crippen LogP contribution in [0.3, 0.4) is 0 Å². The number of rotatable bonds is 5. The summed E-state index contributed by atoms with van der Waals surface area (Å²) in [7, 11) is 1.53. The van der Waals surface area contributed by atoms with Gasteiger partial charge >= 0.3 is 0 Å². The number of amides is 2. The predicted molar refractivity (Wildman–Crippen MR) is 74.1 cm³/mol. The molecule has 1 heterocycles. The zero-order chi connectivity index (χ0) is 14.5. The van der Waals surface area contributed by atoms with Crippen molar-refractivity contribution in [1.29, 1.82) is 0 Å². The van der Waals surface area contributed by atoms with Crippen molar-refractivity contribution < 1.29 is 9.59 Å². The van der Waals surface area contributed by atoms with Crippen LogP contribution in [0.1, 0.15) is 21.6 Å². The monoisotopic (exact) mass is 272 g/mol. The summed E-state index contributed by atoms with van der Waals surface area (Å²) in [5, 5.41) is 6.77. The number of nitrogens with zero attached hydrogens (tertiary/aromatic N) is 2. The Morgan fingerprint density at radius 2 is 2.00 bits per heavy atom. The topological polar surface area (TPSA) is 90.0 Å². The van der Waals surface area contributed by atoms with Gasteiger partial charge in [-0.15, -0.1) is 0 Å². The first-order valence-corrected chi connectivity index (χ1v) is 6.20. The molecule has 0 bridgehead atoms. The second-order valence-electron chi connectivity index (χ2n) is 4.39. The maximum absolute atomic E-state index is 11.4. The van der Waals surface area contributed by atoms with Crippen molar-refractivity contribution in [1.82, 2.24) is 15.1 Å². The lowest BCUT2D eigenvalue weighted by atomic mass is 10.2. The first-order chi connectivity index (χ1) is 9.60. The Bertz CT molecular complexity index is 619. The molecule has 0 atom stereocenters. The van der Waals surface area contributed by atoms with E-state index in [1.807, 2.05) is 30.3 Å². The fourth-order valence-corrected chi connectivity index (χ4v) is 1.89. The van der Waals surface area contributed by atoms with Crippen LogP contribution in [0.15, 0.2) is 36.5 Å². The van der Waals surface area contributed by atoms with Gasteiger partial charge in [0, 0.05) is 13.2 Å². The summed E-state index contributed by atoms with van der Waals surface area (Å²) in [6.45, 7) is 0.523. The Morgan fingerprint density at radius 1 is 1.30 bits per heavy atom. The van der Waals surface area contributed by atoms with Crippen LogP contribution < -0.4 is 11.1 Å². The molecule has 1 aromatic carbocycles. The molecule has 6 heteroatoms. The molecule has 0 aliphatic carbocycles. The Hall–Kier alpha value is -2.63. The molecule has 2 amide bonds. The number of hydrogen-bond donors (Lipinski definition) is 2. The zero-order valence-electron chi connectivity index (χ0n) is 11.2. The van der Waals surface area contributed by atoms with Gasteiger partial charge in [-0.1, -0.05) is 30.3 Å². The average Bonchev–Trinajstić information content (AvgIpc) is 2.82. The molecule has 0 radical (unpaired) electrons. The fraction of sp³-hybridized carbons (Fsp3) is 0.214. The largest absolute Gasteiger partial charge is 0.365 e. The van der Waals surface area contributed by atoms with Gasteiger partial charge in [0.2, 0.25) is 5.91 Å². The van der Waals surface area contributed by atoms with Gasteiger partial charge in [-0.2, -0.15) is 5.10 Å². The molecule has 6 nitrogen and oxygen atoms in total. The number of benzene rings is 1. The van der Waals surface area contributed by atoms with E-state index in [1.165, 1.54) is 7.05 Å². The summed E-state index contributed by atoms with van der Waals surface area (Å²) in [4.78, 5) is 22.8. The van der Waals surface area contributed by atoms with Gasteiger partial charge in [-0.3, -0.25) is 14.3 Å². The number of likely N-dealkylation sites (N-methyl/N-ethyl adjacent to an activating group) is 1. The first kappa shape index (κ1) is 13.8. The van der Waals surface area contributed by atoms with Gasteiger partial charge in [-0.25, -0.2) is 0 Å². The van der Waals surface area contributed by atoms with E-state index in [0.717, 1.165) is 5.56 Å². The van der Waals surface area contributed by atoms with Crippen LogP contribution in [-0.4, -0.2) is 28.6 Å². The Balaban J connectivity index is 2.25. The Morgan fingerprint density at radius 3 is 2.60 bits per heavy atom. The van der Waals surface area contributed by atoms with Gasteiger partial charge in [-0.05, 0) is 5.56 Å². The van der Waals surface area contributed by atoms with Crippen LogP contribution >= 0.6 is 0 Å². The van der Waals surface area contributed by atoms with Crippen molar-refractivity contribution in [2.24, 2.45) is 5.73 Å². The van der Waals surface area contributed by atoms with E-state index in [9.17, 15) is 9.59 Å². The van der Waals surface area contributed by atoms with Gasteiger partial charge in [0.1, 0.15) is 0 Å². The smallest absolute Gasteiger partial charge is 0.252 e. The third-order valence-electron chi connectivity index (χ3n) is 2.90. The van der Waals surface area contributed by atoms with Crippen LogP contribution in [0.2, 0.25) is 0 Å². The van der Waals surface area contributed by atoms with Gasteiger partial charge < -0.3 is 11.1 Å². The van der Waals surface area contributed by atoms with E-state index in [0.29, 0.717) is 12.2 Å². The molecule has 0 saturated carbocycles. The van der Waals surface area contributed by atoms with Crippen molar-refractivity contribution >= 4 is 11.8 Å². The summed E-state index contributed by atoms with van der Waals surface area (Å²) in [5.74, 6) is -0.791. The fourth-order valence-electron chi connectivity index (χ4n) is 1.89. The molecule has 0 fully saturated rings. The average molecular weight is 272 g/mol. The van der Waals surface area contributed by atoms with E-state index >= 15 is 0 Å². The quantitative estimate of drug-likeness (QED) is 0.821. The van der Waals surface area contributed by atoms with Gasteiger partial charge in [0.05, 0.1) is 24.2 Å². The number of nitrogens with two attached hydrogens (primary N) is 1. The molecule has 0 aliphatic heterocycles. The van der Waals surface area contributed by atoms with Crippen molar-refractivity contribution in [3.05, 3.63) is 53.3 Å². The van der Waals surface area contributed by atoms with Crippen LogP contribution in [-0.2, 0) is 17.8 Å². The number of aromatic nitrogens is 2. The highest BCUT2D eigenvalue weighted by Gasteiger charge is 2.16. The van der Waals surface area contributed by atoms with E-state index in [-0.39, 0.29) is 17.9 Å². The summed E-state index contributed by atoms with van der Waals surface area (Å²) < 4.78 is 1.62. The zero-order valence-corrected chi connectivity index (χ0v) is 11.2. The predicted octanol–water partition coefficient (Wildman–Crippen LogP) is 0.319. The molecule has 0 saturated heterocycles. The summed E-state index contributed by atoms with van der Waals surface area (Å²) in [6.07, 6.45) is 1.62. The number of primary amides is 1. The minimum atomic E-state index is -0.580. The van der Waals surface area contributed by atoms with Crippen LogP contribution in [0.4, 0.5) is 0 Å². The molecular formula is C14H16N4O2. The van der Waals surface area contributed by atoms with Gasteiger partial charge in [0.25, 0.3) is 5.91 Å². The molecule has 3 N–H and O–H groups in total. The van der Waals surface area contributed by atoms with E-state index in [1.54, 1.807) is 10.9 Å². The summed E-state index contributed by atoms with van der Waals surface area (Å²) in [5.41, 5.74) is 7.05. The van der Waals surface area contributed by atoms with Crippen molar-refractivity contribution in [2.45, 2.75) is 13.0 Å². The van der Waals surface area contributed by atoms with Crippen molar-refractivity contribution in [3.63, 3.8) is 0 Å². The van der Waals surface area contributed by atoms with E-state index in [4.69, 9.17) is 5.73 Å².